The van der Waals surface area contributed by atoms with Gasteiger partial charge in [-0.25, -0.2) is 18.0 Å². The van der Waals surface area contributed by atoms with E-state index in [1.807, 2.05) is 0 Å². The smallest absolute Gasteiger partial charge is 0.335 e. The number of hydrogen-bond donors (Lipinski definition) is 3. The maximum absolute atomic E-state index is 11.8. The van der Waals surface area contributed by atoms with E-state index < -0.39 is 27.1 Å². The highest BCUT2D eigenvalue weighted by molar-refractivity contribution is 7.92. The summed E-state index contributed by atoms with van der Waals surface area (Å²) in [6, 6.07) is 5.73. The molecule has 7 nitrogen and oxygen atoms in total. The van der Waals surface area contributed by atoms with Gasteiger partial charge in [-0.15, -0.1) is 0 Å². The molecule has 3 N–H and O–H groups in total. The first-order chi connectivity index (χ1) is 10.9. The molecule has 0 radical (unpaired) electrons. The summed E-state index contributed by atoms with van der Waals surface area (Å²) in [6.45, 7) is 0.356. The third kappa shape index (κ3) is 4.95. The molecule has 0 saturated carbocycles. The summed E-state index contributed by atoms with van der Waals surface area (Å²) >= 11 is 0. The minimum Gasteiger partial charge on any atom is -0.478 e. The summed E-state index contributed by atoms with van der Waals surface area (Å²) < 4.78 is 23.7. The van der Waals surface area contributed by atoms with Gasteiger partial charge in [-0.1, -0.05) is 18.6 Å². The van der Waals surface area contributed by atoms with Gasteiger partial charge in [-0.2, -0.15) is 0 Å². The van der Waals surface area contributed by atoms with E-state index in [-0.39, 0.29) is 24.4 Å². The quantitative estimate of drug-likeness (QED) is 0.744. The van der Waals surface area contributed by atoms with Gasteiger partial charge in [0.05, 0.1) is 16.6 Å². The molecule has 8 heteroatoms. The molecule has 1 unspecified atom stereocenters. The molecule has 1 aromatic carbocycles. The standard InChI is InChI=1S/C15H20N2O5S/c18-14(19)12-6-4-11(5-7-12)9-16-15(20)17-10-13-3-1-2-8-23(13,21)22/h4-7,13H,1-3,8-10H2,(H,18,19)(H2,16,17,20). The Balaban J connectivity index is 1.77. The van der Waals surface area contributed by atoms with Gasteiger partial charge < -0.3 is 15.7 Å². The van der Waals surface area contributed by atoms with Crippen LogP contribution in [0.5, 0.6) is 0 Å². The highest BCUT2D eigenvalue weighted by Gasteiger charge is 2.28. The summed E-state index contributed by atoms with van der Waals surface area (Å²) in [6.07, 6.45) is 2.14. The first kappa shape index (κ1) is 17.3. The number of amides is 2. The number of aromatic carboxylic acids is 1. The van der Waals surface area contributed by atoms with Gasteiger partial charge in [0.1, 0.15) is 0 Å². The molecule has 23 heavy (non-hydrogen) atoms. The molecule has 0 spiro atoms. The van der Waals surface area contributed by atoms with Crippen molar-refractivity contribution in [1.29, 1.82) is 0 Å². The molecule has 1 saturated heterocycles. The van der Waals surface area contributed by atoms with Crippen molar-refractivity contribution >= 4 is 21.8 Å². The van der Waals surface area contributed by atoms with Crippen molar-refractivity contribution in [2.45, 2.75) is 31.1 Å². The summed E-state index contributed by atoms with van der Waals surface area (Å²) in [4.78, 5) is 22.5. The lowest BCUT2D eigenvalue weighted by Crippen LogP contribution is -2.43. The monoisotopic (exact) mass is 340 g/mol. The molecule has 0 aromatic heterocycles. The fraction of sp³-hybridized carbons (Fsp3) is 0.467. The second-order valence-electron chi connectivity index (χ2n) is 5.55. The Labute approximate surface area is 135 Å². The number of nitrogens with one attached hydrogen (secondary N) is 2. The van der Waals surface area contributed by atoms with Gasteiger partial charge in [0.2, 0.25) is 0 Å². The fourth-order valence-corrected chi connectivity index (χ4v) is 4.27. The Kier molecular flexibility index (Phi) is 5.59. The van der Waals surface area contributed by atoms with Crippen molar-refractivity contribution in [2.24, 2.45) is 0 Å². The van der Waals surface area contributed by atoms with Crippen LogP contribution < -0.4 is 10.6 Å². The fourth-order valence-electron chi connectivity index (χ4n) is 2.47. The average Bonchev–Trinajstić information content (AvgIpc) is 2.52. The molecule has 2 amide bonds. The molecule has 2 rings (SSSR count). The third-order valence-electron chi connectivity index (χ3n) is 3.86. The second kappa shape index (κ2) is 7.45. The number of hydrogen-bond acceptors (Lipinski definition) is 4. The Morgan fingerprint density at radius 2 is 1.83 bits per heavy atom. The molecule has 1 atom stereocenters. The molecule has 0 bridgehead atoms. The molecule has 0 aliphatic carbocycles. The first-order valence-corrected chi connectivity index (χ1v) is 9.15. The van der Waals surface area contributed by atoms with E-state index in [0.29, 0.717) is 12.8 Å². The zero-order valence-corrected chi connectivity index (χ0v) is 13.4. The van der Waals surface area contributed by atoms with Crippen LogP contribution in [0.25, 0.3) is 0 Å². The number of carboxylic acid groups (broad SMARTS) is 1. The van der Waals surface area contributed by atoms with E-state index in [1.54, 1.807) is 12.1 Å². The summed E-state index contributed by atoms with van der Waals surface area (Å²) in [7, 11) is -3.10. The van der Waals surface area contributed by atoms with E-state index in [2.05, 4.69) is 10.6 Å². The average molecular weight is 340 g/mol. The van der Waals surface area contributed by atoms with Gasteiger partial charge in [0, 0.05) is 13.1 Å². The zero-order chi connectivity index (χ0) is 16.9. The summed E-state index contributed by atoms with van der Waals surface area (Å²) in [5.74, 6) is -0.812. The van der Waals surface area contributed by atoms with E-state index >= 15 is 0 Å². The van der Waals surface area contributed by atoms with Crippen LogP contribution in [-0.4, -0.2) is 43.1 Å². The van der Waals surface area contributed by atoms with Crippen LogP contribution in [-0.2, 0) is 16.4 Å². The summed E-state index contributed by atoms with van der Waals surface area (Å²) in [5, 5.41) is 13.5. The van der Waals surface area contributed by atoms with Gasteiger partial charge in [0.15, 0.2) is 9.84 Å². The molecule has 1 aliphatic heterocycles. The zero-order valence-electron chi connectivity index (χ0n) is 12.6. The van der Waals surface area contributed by atoms with Crippen LogP contribution >= 0.6 is 0 Å². The normalized spacial score (nSPS) is 19.7. The summed E-state index contributed by atoms with van der Waals surface area (Å²) in [5.41, 5.74) is 0.941. The first-order valence-electron chi connectivity index (χ1n) is 7.44. The minimum absolute atomic E-state index is 0.117. The van der Waals surface area contributed by atoms with Crippen molar-refractivity contribution in [2.75, 3.05) is 12.3 Å². The van der Waals surface area contributed by atoms with E-state index in [1.165, 1.54) is 12.1 Å². The van der Waals surface area contributed by atoms with Crippen molar-refractivity contribution in [3.05, 3.63) is 35.4 Å². The van der Waals surface area contributed by atoms with E-state index in [9.17, 15) is 18.0 Å². The Hall–Kier alpha value is -2.09. The number of carboxylic acids is 1. The van der Waals surface area contributed by atoms with Crippen molar-refractivity contribution in [3.63, 3.8) is 0 Å². The Bertz CT molecular complexity index is 670. The lowest BCUT2D eigenvalue weighted by Gasteiger charge is -2.22. The molecule has 1 fully saturated rings. The molecule has 1 aromatic rings. The lowest BCUT2D eigenvalue weighted by atomic mass is 10.1. The SMILES string of the molecule is O=C(NCc1ccc(C(=O)O)cc1)NCC1CCCCS1(=O)=O. The van der Waals surface area contributed by atoms with Gasteiger partial charge >= 0.3 is 12.0 Å². The largest absolute Gasteiger partial charge is 0.478 e. The van der Waals surface area contributed by atoms with Crippen LogP contribution in [0.15, 0.2) is 24.3 Å². The van der Waals surface area contributed by atoms with Crippen LogP contribution in [0.1, 0.15) is 35.2 Å². The lowest BCUT2D eigenvalue weighted by molar-refractivity contribution is 0.0697. The predicted molar refractivity (Wildman–Crippen MR) is 85.1 cm³/mol. The number of rotatable bonds is 5. The molecule has 1 heterocycles. The Morgan fingerprint density at radius 1 is 1.13 bits per heavy atom. The number of sulfone groups is 1. The predicted octanol–water partition coefficient (Wildman–Crippen LogP) is 1.15. The maximum atomic E-state index is 11.8. The molecular weight excluding hydrogens is 320 g/mol. The van der Waals surface area contributed by atoms with E-state index in [4.69, 9.17) is 5.11 Å². The number of carbonyl (C=O) groups is 2. The third-order valence-corrected chi connectivity index (χ3v) is 6.13. The van der Waals surface area contributed by atoms with Gasteiger partial charge in [0.25, 0.3) is 0 Å². The topological polar surface area (TPSA) is 113 Å². The molecular formula is C15H20N2O5S. The Morgan fingerprint density at radius 3 is 2.43 bits per heavy atom. The second-order valence-corrected chi connectivity index (χ2v) is 7.95. The highest BCUT2D eigenvalue weighted by atomic mass is 32.2. The van der Waals surface area contributed by atoms with Crippen LogP contribution in [0, 0.1) is 0 Å². The number of benzene rings is 1. The van der Waals surface area contributed by atoms with Crippen LogP contribution in [0.2, 0.25) is 0 Å². The molecule has 1 aliphatic rings. The van der Waals surface area contributed by atoms with Gasteiger partial charge in [-0.3, -0.25) is 0 Å². The van der Waals surface area contributed by atoms with Crippen LogP contribution in [0.4, 0.5) is 4.79 Å². The van der Waals surface area contributed by atoms with Gasteiger partial charge in [-0.05, 0) is 30.5 Å². The van der Waals surface area contributed by atoms with Crippen molar-refractivity contribution in [3.8, 4) is 0 Å². The minimum atomic E-state index is -3.10. The molecule has 126 valence electrons. The van der Waals surface area contributed by atoms with Crippen LogP contribution in [0.3, 0.4) is 0 Å². The van der Waals surface area contributed by atoms with E-state index in [0.717, 1.165) is 12.0 Å². The maximum Gasteiger partial charge on any atom is 0.335 e. The highest BCUT2D eigenvalue weighted by Crippen LogP contribution is 2.18. The van der Waals surface area contributed by atoms with Crippen molar-refractivity contribution in [1.82, 2.24) is 10.6 Å². The number of carbonyl (C=O) groups excluding carboxylic acids is 1. The number of urea groups is 1. The van der Waals surface area contributed by atoms with Crippen molar-refractivity contribution < 1.29 is 23.1 Å².